The molecule has 0 spiro atoms. The molecule has 2 aliphatic carbocycles. The highest BCUT2D eigenvalue weighted by Crippen LogP contribution is 2.41. The lowest BCUT2D eigenvalue weighted by Gasteiger charge is -2.47. The first-order valence-corrected chi connectivity index (χ1v) is 8.14. The minimum Gasteiger partial charge on any atom is -0.302 e. The lowest BCUT2D eigenvalue weighted by Crippen LogP contribution is -2.55. The van der Waals surface area contributed by atoms with Gasteiger partial charge in [-0.15, -0.1) is 0 Å². The van der Waals surface area contributed by atoms with Crippen LogP contribution in [0.1, 0.15) is 57.8 Å². The fraction of sp³-hybridized carbons (Fsp3) is 0.938. The molecule has 0 amide bonds. The van der Waals surface area contributed by atoms with Crippen LogP contribution in [-0.4, -0.2) is 36.1 Å². The zero-order valence-corrected chi connectivity index (χ0v) is 12.2. The highest BCUT2D eigenvalue weighted by atomic mass is 15.2. The van der Waals surface area contributed by atoms with Gasteiger partial charge in [0.05, 0.1) is 6.07 Å². The molecule has 3 heteroatoms. The molecule has 3 aliphatic rings. The Morgan fingerprint density at radius 2 is 2.00 bits per heavy atom. The van der Waals surface area contributed by atoms with Gasteiger partial charge in [0.15, 0.2) is 0 Å². The highest BCUT2D eigenvalue weighted by Gasteiger charge is 2.43. The number of fused-ring (bicyclic) bond motifs is 1. The van der Waals surface area contributed by atoms with Crippen molar-refractivity contribution in [3.63, 3.8) is 0 Å². The summed E-state index contributed by atoms with van der Waals surface area (Å²) >= 11 is 0. The molecule has 1 heterocycles. The van der Waals surface area contributed by atoms with E-state index in [0.717, 1.165) is 24.8 Å². The van der Waals surface area contributed by atoms with Crippen LogP contribution in [0.15, 0.2) is 0 Å². The summed E-state index contributed by atoms with van der Waals surface area (Å²) in [6.45, 7) is 1.27. The SMILES string of the molecule is CNC1(C#N)CCCC(N2CCCC3CCCC32)C1. The molecule has 1 saturated heterocycles. The number of likely N-dealkylation sites (tertiary alicyclic amines) is 1. The molecule has 3 nitrogen and oxygen atoms in total. The first-order valence-electron chi connectivity index (χ1n) is 8.14. The number of rotatable bonds is 2. The Morgan fingerprint density at radius 3 is 2.79 bits per heavy atom. The third kappa shape index (κ3) is 2.41. The van der Waals surface area contributed by atoms with Crippen LogP contribution in [0, 0.1) is 17.2 Å². The van der Waals surface area contributed by atoms with Crippen molar-refractivity contribution in [3.05, 3.63) is 0 Å². The molecule has 3 rings (SSSR count). The van der Waals surface area contributed by atoms with Crippen LogP contribution in [0.25, 0.3) is 0 Å². The van der Waals surface area contributed by atoms with Crippen molar-refractivity contribution in [2.24, 2.45) is 5.92 Å². The Kier molecular flexibility index (Phi) is 3.82. The lowest BCUT2D eigenvalue weighted by atomic mass is 9.77. The second kappa shape index (κ2) is 5.42. The Bertz CT molecular complexity index is 361. The van der Waals surface area contributed by atoms with Crippen LogP contribution in [0.4, 0.5) is 0 Å². The predicted molar refractivity (Wildman–Crippen MR) is 76.7 cm³/mol. The molecule has 1 N–H and O–H groups in total. The van der Waals surface area contributed by atoms with Crippen LogP contribution >= 0.6 is 0 Å². The normalized spacial score (nSPS) is 43.7. The molecule has 2 saturated carbocycles. The van der Waals surface area contributed by atoms with Crippen molar-refractivity contribution in [2.45, 2.75) is 75.4 Å². The largest absolute Gasteiger partial charge is 0.302 e. The first-order chi connectivity index (χ1) is 9.28. The first kappa shape index (κ1) is 13.4. The number of hydrogen-bond donors (Lipinski definition) is 1. The van der Waals surface area contributed by atoms with Crippen LogP contribution in [0.5, 0.6) is 0 Å². The van der Waals surface area contributed by atoms with Crippen molar-refractivity contribution in [1.82, 2.24) is 10.2 Å². The summed E-state index contributed by atoms with van der Waals surface area (Å²) in [5.41, 5.74) is -0.255. The summed E-state index contributed by atoms with van der Waals surface area (Å²) in [4.78, 5) is 2.80. The molecule has 4 unspecified atom stereocenters. The fourth-order valence-corrected chi connectivity index (χ4v) is 4.86. The van der Waals surface area contributed by atoms with E-state index < -0.39 is 0 Å². The zero-order chi connectivity index (χ0) is 13.3. The molecule has 0 aromatic carbocycles. The highest BCUT2D eigenvalue weighted by molar-refractivity contribution is 5.11. The second-order valence-corrected chi connectivity index (χ2v) is 6.83. The van der Waals surface area contributed by atoms with Crippen molar-refractivity contribution in [3.8, 4) is 6.07 Å². The van der Waals surface area contributed by atoms with Gasteiger partial charge in [-0.25, -0.2) is 0 Å². The van der Waals surface area contributed by atoms with Gasteiger partial charge in [0.2, 0.25) is 0 Å². The molecule has 106 valence electrons. The van der Waals surface area contributed by atoms with Crippen molar-refractivity contribution in [2.75, 3.05) is 13.6 Å². The summed E-state index contributed by atoms with van der Waals surface area (Å²) in [6.07, 6.45) is 11.7. The van der Waals surface area contributed by atoms with E-state index in [1.54, 1.807) is 0 Å². The molecule has 0 aromatic rings. The van der Waals surface area contributed by atoms with Gasteiger partial charge >= 0.3 is 0 Å². The monoisotopic (exact) mass is 261 g/mol. The van der Waals surface area contributed by atoms with Crippen LogP contribution in [0.2, 0.25) is 0 Å². The summed E-state index contributed by atoms with van der Waals surface area (Å²) in [7, 11) is 1.96. The molecule has 19 heavy (non-hydrogen) atoms. The van der Waals surface area contributed by atoms with Gasteiger partial charge in [-0.1, -0.05) is 6.42 Å². The van der Waals surface area contributed by atoms with Crippen molar-refractivity contribution in [1.29, 1.82) is 5.26 Å². The smallest absolute Gasteiger partial charge is 0.108 e. The van der Waals surface area contributed by atoms with Gasteiger partial charge in [-0.05, 0) is 70.9 Å². The van der Waals surface area contributed by atoms with E-state index in [4.69, 9.17) is 0 Å². The number of nitrogens with one attached hydrogen (secondary N) is 1. The van der Waals surface area contributed by atoms with E-state index in [1.807, 2.05) is 7.05 Å². The van der Waals surface area contributed by atoms with Gasteiger partial charge in [0, 0.05) is 12.1 Å². The van der Waals surface area contributed by atoms with E-state index >= 15 is 0 Å². The topological polar surface area (TPSA) is 39.1 Å². The predicted octanol–water partition coefficient (Wildman–Crippen LogP) is 2.68. The Hall–Kier alpha value is -0.590. The molecular weight excluding hydrogens is 234 g/mol. The molecular formula is C16H27N3. The second-order valence-electron chi connectivity index (χ2n) is 6.83. The van der Waals surface area contributed by atoms with E-state index in [9.17, 15) is 5.26 Å². The third-order valence-electron chi connectivity index (χ3n) is 5.92. The van der Waals surface area contributed by atoms with E-state index in [-0.39, 0.29) is 5.54 Å². The maximum Gasteiger partial charge on any atom is 0.108 e. The Morgan fingerprint density at radius 1 is 1.16 bits per heavy atom. The van der Waals surface area contributed by atoms with Gasteiger partial charge in [-0.3, -0.25) is 4.90 Å². The molecule has 1 aliphatic heterocycles. The van der Waals surface area contributed by atoms with Gasteiger partial charge in [0.25, 0.3) is 0 Å². The van der Waals surface area contributed by atoms with Crippen molar-refractivity contribution >= 4 is 0 Å². The summed E-state index contributed by atoms with van der Waals surface area (Å²) < 4.78 is 0. The van der Waals surface area contributed by atoms with E-state index in [0.29, 0.717) is 6.04 Å². The number of piperidine rings is 1. The van der Waals surface area contributed by atoms with Crippen LogP contribution < -0.4 is 5.32 Å². The fourth-order valence-electron chi connectivity index (χ4n) is 4.86. The summed E-state index contributed by atoms with van der Waals surface area (Å²) in [5, 5.41) is 12.8. The lowest BCUT2D eigenvalue weighted by molar-refractivity contribution is 0.0356. The standard InChI is InChI=1S/C16H27N3/c1-18-16(12-17)9-3-7-14(11-16)19-10-4-6-13-5-2-8-15(13)19/h13-15,18H,2-11H2,1H3. The Balaban J connectivity index is 1.72. The quantitative estimate of drug-likeness (QED) is 0.830. The van der Waals surface area contributed by atoms with Gasteiger partial charge in [-0.2, -0.15) is 5.26 Å². The summed E-state index contributed by atoms with van der Waals surface area (Å²) in [5.74, 6) is 0.960. The van der Waals surface area contributed by atoms with Crippen LogP contribution in [-0.2, 0) is 0 Å². The van der Waals surface area contributed by atoms with Gasteiger partial charge < -0.3 is 5.32 Å². The van der Waals surface area contributed by atoms with Crippen LogP contribution in [0.3, 0.4) is 0 Å². The zero-order valence-electron chi connectivity index (χ0n) is 12.2. The Labute approximate surface area is 117 Å². The number of nitriles is 1. The maximum atomic E-state index is 9.51. The summed E-state index contributed by atoms with van der Waals surface area (Å²) in [6, 6.07) is 4.04. The molecule has 4 atom stereocenters. The maximum absolute atomic E-state index is 9.51. The third-order valence-corrected chi connectivity index (χ3v) is 5.92. The van der Waals surface area contributed by atoms with E-state index in [2.05, 4.69) is 16.3 Å². The average molecular weight is 261 g/mol. The number of nitrogens with zero attached hydrogens (tertiary/aromatic N) is 2. The molecule has 0 radical (unpaired) electrons. The van der Waals surface area contributed by atoms with Gasteiger partial charge in [0.1, 0.15) is 5.54 Å². The molecule has 0 aromatic heterocycles. The number of hydrogen-bond acceptors (Lipinski definition) is 3. The minimum atomic E-state index is -0.255. The minimum absolute atomic E-state index is 0.255. The van der Waals surface area contributed by atoms with Crippen molar-refractivity contribution < 1.29 is 0 Å². The van der Waals surface area contributed by atoms with E-state index in [1.165, 1.54) is 51.5 Å². The molecule has 3 fully saturated rings. The molecule has 0 bridgehead atoms. The average Bonchev–Trinajstić information content (AvgIpc) is 2.95.